The minimum absolute atomic E-state index is 0.145. The lowest BCUT2D eigenvalue weighted by Gasteiger charge is -2.13. The molecule has 2 heterocycles. The molecular formula is C23H23FN4O2. The van der Waals surface area contributed by atoms with Gasteiger partial charge in [-0.05, 0) is 36.6 Å². The molecule has 6 nitrogen and oxygen atoms in total. The zero-order valence-corrected chi connectivity index (χ0v) is 17.2. The minimum atomic E-state index is -0.441. The van der Waals surface area contributed by atoms with Crippen molar-refractivity contribution in [1.82, 2.24) is 18.7 Å². The Morgan fingerprint density at radius 3 is 2.37 bits per heavy atom. The number of rotatable bonds is 5. The van der Waals surface area contributed by atoms with E-state index in [2.05, 4.69) is 18.8 Å². The number of nitrogens with zero attached hydrogens (tertiary/aromatic N) is 4. The Balaban J connectivity index is 1.95. The summed E-state index contributed by atoms with van der Waals surface area (Å²) >= 11 is 0. The Hall–Kier alpha value is -3.48. The molecule has 0 amide bonds. The van der Waals surface area contributed by atoms with E-state index >= 15 is 0 Å². The second kappa shape index (κ2) is 7.74. The number of aromatic nitrogens is 4. The van der Waals surface area contributed by atoms with Crippen LogP contribution in [0.5, 0.6) is 0 Å². The van der Waals surface area contributed by atoms with Crippen LogP contribution in [0.2, 0.25) is 0 Å². The molecule has 4 rings (SSSR count). The summed E-state index contributed by atoms with van der Waals surface area (Å²) in [6.07, 6.45) is 1.48. The highest BCUT2D eigenvalue weighted by molar-refractivity contribution is 5.72. The molecular weight excluding hydrogens is 383 g/mol. The van der Waals surface area contributed by atoms with Gasteiger partial charge >= 0.3 is 5.69 Å². The largest absolute Gasteiger partial charge is 0.337 e. The van der Waals surface area contributed by atoms with Gasteiger partial charge in [0.2, 0.25) is 0 Å². The second-order valence-corrected chi connectivity index (χ2v) is 7.55. The molecule has 0 bridgehead atoms. The van der Waals surface area contributed by atoms with E-state index in [1.54, 1.807) is 29.7 Å². The van der Waals surface area contributed by atoms with Crippen LogP contribution in [0.3, 0.4) is 0 Å². The molecule has 2 aromatic heterocycles. The molecule has 7 heteroatoms. The van der Waals surface area contributed by atoms with Crippen molar-refractivity contribution in [3.8, 4) is 5.69 Å². The molecule has 0 N–H and O–H groups in total. The van der Waals surface area contributed by atoms with Crippen molar-refractivity contribution < 1.29 is 4.39 Å². The lowest BCUT2D eigenvalue weighted by Crippen LogP contribution is -2.39. The number of benzene rings is 2. The highest BCUT2D eigenvalue weighted by Crippen LogP contribution is 2.19. The number of halogens is 1. The van der Waals surface area contributed by atoms with E-state index in [1.807, 2.05) is 24.3 Å². The lowest BCUT2D eigenvalue weighted by atomic mass is 10.0. The van der Waals surface area contributed by atoms with E-state index in [0.717, 1.165) is 5.56 Å². The first-order chi connectivity index (χ1) is 14.4. The van der Waals surface area contributed by atoms with E-state index in [0.29, 0.717) is 17.2 Å². The molecule has 4 aromatic rings. The first-order valence-corrected chi connectivity index (χ1v) is 9.96. The number of hydrogen-bond donors (Lipinski definition) is 0. The second-order valence-electron chi connectivity index (χ2n) is 7.55. The molecule has 0 unspecified atom stereocenters. The standard InChI is InChI=1S/C23H23FN4O2/c1-4-27-22(29)20-21(25-14-26(20)13-17-7-5-6-8-19(17)24)28(23(27)30)18-11-9-16(10-12-18)15(2)3/h5-12,14-15H,4,13H2,1-3H3. The van der Waals surface area contributed by atoms with Gasteiger partial charge in [-0.2, -0.15) is 0 Å². The first-order valence-electron chi connectivity index (χ1n) is 9.96. The van der Waals surface area contributed by atoms with Crippen molar-refractivity contribution >= 4 is 11.2 Å². The van der Waals surface area contributed by atoms with E-state index in [4.69, 9.17) is 0 Å². The highest BCUT2D eigenvalue weighted by Gasteiger charge is 2.19. The number of hydrogen-bond acceptors (Lipinski definition) is 3. The van der Waals surface area contributed by atoms with Gasteiger partial charge in [0.1, 0.15) is 5.82 Å². The van der Waals surface area contributed by atoms with Crippen LogP contribution >= 0.6 is 0 Å². The number of fused-ring (bicyclic) bond motifs is 1. The Kier molecular flexibility index (Phi) is 5.11. The normalized spacial score (nSPS) is 11.5. The molecule has 0 aliphatic rings. The molecule has 30 heavy (non-hydrogen) atoms. The summed E-state index contributed by atoms with van der Waals surface area (Å²) < 4.78 is 18.4. The van der Waals surface area contributed by atoms with Crippen LogP contribution in [0.15, 0.2) is 64.4 Å². The minimum Gasteiger partial charge on any atom is -0.320 e. The predicted octanol–water partition coefficient (Wildman–Crippen LogP) is 3.68. The van der Waals surface area contributed by atoms with Crippen molar-refractivity contribution in [2.75, 3.05) is 0 Å². The summed E-state index contributed by atoms with van der Waals surface area (Å²) in [5.41, 5.74) is 1.89. The summed E-state index contributed by atoms with van der Waals surface area (Å²) in [5, 5.41) is 0. The average molecular weight is 406 g/mol. The van der Waals surface area contributed by atoms with Gasteiger partial charge in [-0.1, -0.05) is 44.2 Å². The highest BCUT2D eigenvalue weighted by atomic mass is 19.1. The topological polar surface area (TPSA) is 61.8 Å². The van der Waals surface area contributed by atoms with Gasteiger partial charge in [0, 0.05) is 12.1 Å². The fraction of sp³-hybridized carbons (Fsp3) is 0.261. The predicted molar refractivity (Wildman–Crippen MR) is 115 cm³/mol. The number of imidazole rings is 1. The Labute approximate surface area is 172 Å². The molecule has 0 aliphatic heterocycles. The van der Waals surface area contributed by atoms with Crippen molar-refractivity contribution in [2.24, 2.45) is 0 Å². The lowest BCUT2D eigenvalue weighted by molar-refractivity contribution is 0.600. The maximum atomic E-state index is 14.2. The third-order valence-electron chi connectivity index (χ3n) is 5.33. The molecule has 2 aromatic carbocycles. The van der Waals surface area contributed by atoms with Crippen LogP contribution in [-0.2, 0) is 13.1 Å². The van der Waals surface area contributed by atoms with Crippen LogP contribution < -0.4 is 11.2 Å². The SMILES string of the molecule is CCn1c(=O)c2c(ncn2Cc2ccccc2F)n(-c2ccc(C(C)C)cc2)c1=O. The van der Waals surface area contributed by atoms with Gasteiger partial charge in [-0.3, -0.25) is 9.36 Å². The van der Waals surface area contributed by atoms with E-state index < -0.39 is 11.2 Å². The van der Waals surface area contributed by atoms with Gasteiger partial charge in [-0.25, -0.2) is 18.7 Å². The van der Waals surface area contributed by atoms with Crippen LogP contribution in [0, 0.1) is 5.82 Å². The molecule has 0 aliphatic carbocycles. The molecule has 0 radical (unpaired) electrons. The smallest absolute Gasteiger partial charge is 0.320 e. The Morgan fingerprint density at radius 2 is 1.73 bits per heavy atom. The van der Waals surface area contributed by atoms with Crippen LogP contribution in [0.25, 0.3) is 16.9 Å². The summed E-state index contributed by atoms with van der Waals surface area (Å²) in [7, 11) is 0. The first kappa shape index (κ1) is 19.8. The molecule has 0 fully saturated rings. The maximum Gasteiger partial charge on any atom is 0.337 e. The quantitative estimate of drug-likeness (QED) is 0.508. The zero-order chi connectivity index (χ0) is 21.4. The van der Waals surface area contributed by atoms with Gasteiger partial charge in [0.05, 0.1) is 18.6 Å². The van der Waals surface area contributed by atoms with Crippen molar-refractivity contribution in [3.63, 3.8) is 0 Å². The van der Waals surface area contributed by atoms with Crippen LogP contribution in [0.4, 0.5) is 4.39 Å². The van der Waals surface area contributed by atoms with Crippen molar-refractivity contribution in [3.05, 3.63) is 92.6 Å². The molecule has 0 spiro atoms. The Morgan fingerprint density at radius 1 is 1.03 bits per heavy atom. The van der Waals surface area contributed by atoms with E-state index in [9.17, 15) is 14.0 Å². The van der Waals surface area contributed by atoms with Crippen molar-refractivity contribution in [2.45, 2.75) is 39.8 Å². The molecule has 0 atom stereocenters. The zero-order valence-electron chi connectivity index (χ0n) is 17.2. The summed E-state index contributed by atoms with van der Waals surface area (Å²) in [6, 6.07) is 14.1. The molecule has 0 saturated heterocycles. The average Bonchev–Trinajstić information content (AvgIpc) is 3.14. The molecule has 0 saturated carbocycles. The van der Waals surface area contributed by atoms with Gasteiger partial charge in [0.25, 0.3) is 5.56 Å². The van der Waals surface area contributed by atoms with E-state index in [1.165, 1.54) is 21.5 Å². The Bertz CT molecular complexity index is 1330. The fourth-order valence-electron chi connectivity index (χ4n) is 3.63. The summed E-state index contributed by atoms with van der Waals surface area (Å²) in [4.78, 5) is 30.5. The van der Waals surface area contributed by atoms with Gasteiger partial charge in [0.15, 0.2) is 11.2 Å². The summed E-state index contributed by atoms with van der Waals surface area (Å²) in [6.45, 7) is 6.32. The third kappa shape index (κ3) is 3.26. The monoisotopic (exact) mass is 406 g/mol. The van der Waals surface area contributed by atoms with Crippen LogP contribution in [-0.4, -0.2) is 18.7 Å². The molecule has 154 valence electrons. The third-order valence-corrected chi connectivity index (χ3v) is 5.33. The summed E-state index contributed by atoms with van der Waals surface area (Å²) in [5.74, 6) is 0.00752. The van der Waals surface area contributed by atoms with Gasteiger partial charge < -0.3 is 4.57 Å². The van der Waals surface area contributed by atoms with Gasteiger partial charge in [-0.15, -0.1) is 0 Å². The maximum absolute atomic E-state index is 14.2. The fourth-order valence-corrected chi connectivity index (χ4v) is 3.63. The van der Waals surface area contributed by atoms with E-state index in [-0.39, 0.29) is 30.1 Å². The van der Waals surface area contributed by atoms with Crippen LogP contribution in [0.1, 0.15) is 37.8 Å². The van der Waals surface area contributed by atoms with Crippen molar-refractivity contribution in [1.29, 1.82) is 0 Å².